The van der Waals surface area contributed by atoms with Gasteiger partial charge in [0.1, 0.15) is 24.4 Å². The second-order valence-electron chi connectivity index (χ2n) is 18.8. The van der Waals surface area contributed by atoms with Crippen molar-refractivity contribution in [2.75, 3.05) is 19.8 Å². The standard InChI is InChI=1S/C58H62O13Si/c1-72(2,3)35-34-62-58-53(71-56(61)46-32-20-9-21-33-46)51(70-55(60)45-30-18-8-19-31-45)50(69-54(59)44-28-16-7-17-29-44)48(68-58)40-67-57-52(65-38-43-26-14-6-15-27-43)49(64-37-42-24-12-5-13-25-42)47(39-66-57)63-36-41-22-10-4-11-23-41/h4-33,47-53,57-58H,34-40H2,1-3H3/t47-,48-,49-,50-,51+,52+,53-,57?,58-/m1/s1. The molecule has 0 aromatic heterocycles. The fourth-order valence-corrected chi connectivity index (χ4v) is 8.97. The van der Waals surface area contributed by atoms with Crippen LogP contribution in [0.2, 0.25) is 25.7 Å². The topological polar surface area (TPSA) is 144 Å². The van der Waals surface area contributed by atoms with Crippen molar-refractivity contribution < 1.29 is 61.8 Å². The first-order chi connectivity index (χ1) is 35.1. The Bertz CT molecular complexity index is 2570. The SMILES string of the molecule is C[Si](C)(C)CCO[C@@H]1O[C@H](COC2OC[C@@H](OCc3ccccc3)[C@@H](OCc3ccccc3)[C@@H]2OCc2ccccc2)[C@@H](OC(=O)c2ccccc2)[C@H](OC(=O)c2ccccc2)[C@H]1OC(=O)c1ccccc1. The van der Waals surface area contributed by atoms with Gasteiger partial charge in [-0.25, -0.2) is 14.4 Å². The molecule has 0 amide bonds. The van der Waals surface area contributed by atoms with E-state index in [1.165, 1.54) is 0 Å². The van der Waals surface area contributed by atoms with Crippen LogP contribution in [0.1, 0.15) is 47.8 Å². The minimum Gasteiger partial charge on any atom is -0.452 e. The van der Waals surface area contributed by atoms with Crippen LogP contribution < -0.4 is 0 Å². The number of rotatable bonds is 22. The van der Waals surface area contributed by atoms with Crippen LogP contribution >= 0.6 is 0 Å². The highest BCUT2D eigenvalue weighted by Crippen LogP contribution is 2.34. The zero-order valence-corrected chi connectivity index (χ0v) is 41.8. The van der Waals surface area contributed by atoms with Crippen molar-refractivity contribution in [3.05, 3.63) is 215 Å². The first kappa shape index (κ1) is 52.0. The largest absolute Gasteiger partial charge is 0.452 e. The van der Waals surface area contributed by atoms with Crippen LogP contribution in [0.25, 0.3) is 0 Å². The molecule has 9 atom stereocenters. The van der Waals surface area contributed by atoms with Crippen molar-refractivity contribution >= 4 is 26.0 Å². The molecule has 2 fully saturated rings. The molecule has 0 spiro atoms. The summed E-state index contributed by atoms with van der Waals surface area (Å²) < 4.78 is 65.7. The summed E-state index contributed by atoms with van der Waals surface area (Å²) in [4.78, 5) is 42.5. The van der Waals surface area contributed by atoms with Crippen LogP contribution in [0.15, 0.2) is 182 Å². The highest BCUT2D eigenvalue weighted by atomic mass is 28.3. The maximum Gasteiger partial charge on any atom is 0.338 e. The molecule has 8 rings (SSSR count). The van der Waals surface area contributed by atoms with Crippen molar-refractivity contribution in [2.45, 2.75) is 101 Å². The summed E-state index contributed by atoms with van der Waals surface area (Å²) in [6.45, 7) is 7.33. The Morgan fingerprint density at radius 2 is 0.847 bits per heavy atom. The Morgan fingerprint density at radius 3 is 1.31 bits per heavy atom. The molecule has 2 aliphatic heterocycles. The molecule has 0 saturated carbocycles. The summed E-state index contributed by atoms with van der Waals surface area (Å²) in [6.07, 6.45) is -10.1. The maximum absolute atomic E-state index is 14.2. The van der Waals surface area contributed by atoms with Crippen molar-refractivity contribution in [2.24, 2.45) is 0 Å². The molecule has 2 saturated heterocycles. The summed E-state index contributed by atoms with van der Waals surface area (Å²) in [5, 5.41) is 0. The molecule has 376 valence electrons. The lowest BCUT2D eigenvalue weighted by Gasteiger charge is -2.46. The summed E-state index contributed by atoms with van der Waals surface area (Å²) >= 11 is 0. The van der Waals surface area contributed by atoms with Crippen LogP contribution in [-0.2, 0) is 67.2 Å². The van der Waals surface area contributed by atoms with Crippen molar-refractivity contribution in [1.29, 1.82) is 0 Å². The van der Waals surface area contributed by atoms with Crippen LogP contribution in [0.4, 0.5) is 0 Å². The zero-order valence-electron chi connectivity index (χ0n) is 40.8. The summed E-state index contributed by atoms with van der Waals surface area (Å²) in [7, 11) is -1.69. The fraction of sp³-hybridized carbons (Fsp3) is 0.328. The average molecular weight is 995 g/mol. The minimum absolute atomic E-state index is 0.0668. The van der Waals surface area contributed by atoms with Crippen LogP contribution in [0.5, 0.6) is 0 Å². The van der Waals surface area contributed by atoms with E-state index in [-0.39, 0.29) is 49.7 Å². The second kappa shape index (κ2) is 25.9. The Kier molecular flexibility index (Phi) is 18.7. The van der Waals surface area contributed by atoms with Crippen LogP contribution in [0.3, 0.4) is 0 Å². The van der Waals surface area contributed by atoms with E-state index in [2.05, 4.69) is 19.6 Å². The Balaban J connectivity index is 1.15. The lowest BCUT2D eigenvalue weighted by molar-refractivity contribution is -0.327. The van der Waals surface area contributed by atoms with E-state index in [1.54, 1.807) is 91.0 Å². The van der Waals surface area contributed by atoms with Gasteiger partial charge >= 0.3 is 17.9 Å². The van der Waals surface area contributed by atoms with E-state index in [0.717, 1.165) is 22.7 Å². The third-order valence-corrected chi connectivity index (χ3v) is 13.9. The third-order valence-electron chi connectivity index (χ3n) is 12.2. The number of carbonyl (C=O) groups excluding carboxylic acids is 3. The van der Waals surface area contributed by atoms with Crippen LogP contribution in [0, 0.1) is 0 Å². The predicted octanol–water partition coefficient (Wildman–Crippen LogP) is 9.87. The normalized spacial score (nSPS) is 23.1. The van der Waals surface area contributed by atoms with Gasteiger partial charge in [-0.15, -0.1) is 0 Å². The summed E-state index contributed by atoms with van der Waals surface area (Å²) in [5.74, 6) is -2.23. The number of carbonyl (C=O) groups is 3. The molecule has 2 heterocycles. The van der Waals surface area contributed by atoms with Crippen molar-refractivity contribution in [3.63, 3.8) is 0 Å². The monoisotopic (exact) mass is 994 g/mol. The molecule has 0 N–H and O–H groups in total. The van der Waals surface area contributed by atoms with E-state index in [0.29, 0.717) is 6.61 Å². The zero-order chi connectivity index (χ0) is 50.1. The molecule has 2 aliphatic rings. The molecular weight excluding hydrogens is 933 g/mol. The Labute approximate surface area is 422 Å². The maximum atomic E-state index is 14.2. The van der Waals surface area contributed by atoms with Gasteiger partial charge in [-0.3, -0.25) is 0 Å². The molecule has 13 nitrogen and oxygen atoms in total. The number of ether oxygens (including phenoxy) is 10. The van der Waals surface area contributed by atoms with Gasteiger partial charge in [-0.1, -0.05) is 165 Å². The van der Waals surface area contributed by atoms with E-state index in [1.807, 2.05) is 91.0 Å². The number of benzene rings is 6. The molecule has 0 radical (unpaired) electrons. The van der Waals surface area contributed by atoms with Crippen LogP contribution in [-0.4, -0.2) is 101 Å². The van der Waals surface area contributed by atoms with Gasteiger partial charge in [-0.2, -0.15) is 0 Å². The smallest absolute Gasteiger partial charge is 0.338 e. The molecule has 6 aromatic carbocycles. The fourth-order valence-electron chi connectivity index (χ4n) is 8.24. The van der Waals surface area contributed by atoms with E-state index in [9.17, 15) is 14.4 Å². The third kappa shape index (κ3) is 14.9. The average Bonchev–Trinajstić information content (AvgIpc) is 3.41. The lowest BCUT2D eigenvalue weighted by atomic mass is 9.97. The van der Waals surface area contributed by atoms with Gasteiger partial charge in [0.2, 0.25) is 0 Å². The second-order valence-corrected chi connectivity index (χ2v) is 24.4. The lowest BCUT2D eigenvalue weighted by Crippen LogP contribution is -2.64. The molecule has 0 aliphatic carbocycles. The van der Waals surface area contributed by atoms with Crippen molar-refractivity contribution in [1.82, 2.24) is 0 Å². The Hall–Kier alpha value is -6.33. The first-order valence-corrected chi connectivity index (χ1v) is 28.0. The highest BCUT2D eigenvalue weighted by molar-refractivity contribution is 6.76. The van der Waals surface area contributed by atoms with Gasteiger partial charge in [0, 0.05) is 14.7 Å². The number of hydrogen-bond acceptors (Lipinski definition) is 13. The van der Waals surface area contributed by atoms with Gasteiger partial charge in [0.15, 0.2) is 30.9 Å². The van der Waals surface area contributed by atoms with Crippen molar-refractivity contribution in [3.8, 4) is 0 Å². The predicted molar refractivity (Wildman–Crippen MR) is 270 cm³/mol. The molecule has 0 bridgehead atoms. The van der Waals surface area contributed by atoms with Gasteiger partial charge in [-0.05, 0) is 59.1 Å². The molecule has 72 heavy (non-hydrogen) atoms. The summed E-state index contributed by atoms with van der Waals surface area (Å²) in [6, 6.07) is 55.3. The van der Waals surface area contributed by atoms with E-state index < -0.39 is 81.3 Å². The molecule has 14 heteroatoms. The number of esters is 3. The number of hydrogen-bond donors (Lipinski definition) is 0. The van der Waals surface area contributed by atoms with Gasteiger partial charge in [0.05, 0.1) is 49.7 Å². The molecule has 1 unspecified atom stereocenters. The van der Waals surface area contributed by atoms with E-state index in [4.69, 9.17) is 47.4 Å². The molecular formula is C58H62O13Si. The first-order valence-electron chi connectivity index (χ1n) is 24.3. The summed E-state index contributed by atoms with van der Waals surface area (Å²) in [5.41, 5.74) is 3.51. The highest BCUT2D eigenvalue weighted by Gasteiger charge is 2.54. The van der Waals surface area contributed by atoms with E-state index >= 15 is 0 Å². The molecule has 6 aromatic rings. The van der Waals surface area contributed by atoms with Gasteiger partial charge < -0.3 is 47.4 Å². The Morgan fingerprint density at radius 1 is 0.444 bits per heavy atom. The quantitative estimate of drug-likeness (QED) is 0.0362. The minimum atomic E-state index is -1.69. The van der Waals surface area contributed by atoms with Gasteiger partial charge in [0.25, 0.3) is 0 Å².